The Labute approximate surface area is 258 Å². The molecule has 2 aliphatic carbocycles. The summed E-state index contributed by atoms with van der Waals surface area (Å²) >= 11 is 0. The van der Waals surface area contributed by atoms with Crippen molar-refractivity contribution in [2.24, 2.45) is 5.92 Å². The highest BCUT2D eigenvalue weighted by atomic mass is 19.1. The number of nitrogens with zero attached hydrogens (tertiary/aromatic N) is 2. The number of fused-ring (bicyclic) bond motifs is 5. The van der Waals surface area contributed by atoms with E-state index in [1.807, 2.05) is 24.3 Å². The minimum Gasteiger partial charge on any atom is -0.490 e. The number of aliphatic hydroxyl groups is 1. The Balaban J connectivity index is 0.957. The van der Waals surface area contributed by atoms with Crippen molar-refractivity contribution in [3.8, 4) is 5.75 Å². The molecule has 8 rings (SSSR count). The molecule has 0 spiro atoms. The van der Waals surface area contributed by atoms with Crippen LogP contribution >= 0.6 is 0 Å². The molecule has 5 aromatic rings. The summed E-state index contributed by atoms with van der Waals surface area (Å²) in [5, 5.41) is 15.7. The minimum atomic E-state index is -0.971. The van der Waals surface area contributed by atoms with Gasteiger partial charge in [-0.05, 0) is 63.2 Å². The zero-order valence-electron chi connectivity index (χ0n) is 25.0. The van der Waals surface area contributed by atoms with E-state index < -0.39 is 12.3 Å². The number of β-amino-alcohol motifs (C(OH)–C–C–N with tert-alkyl or cyclic N) is 1. The first-order chi connectivity index (χ1) is 21.7. The first kappa shape index (κ1) is 27.8. The van der Waals surface area contributed by atoms with Gasteiger partial charge >= 0.3 is 0 Å². The molecule has 5 aromatic carbocycles. The number of hydrogen-bond acceptors (Lipinski definition) is 4. The van der Waals surface area contributed by atoms with Crippen LogP contribution in [0.3, 0.4) is 0 Å². The second-order valence-corrected chi connectivity index (χ2v) is 12.9. The average Bonchev–Trinajstić information content (AvgIpc) is 3.91. The smallest absolute Gasteiger partial charge is 0.133 e. The molecule has 2 fully saturated rings. The van der Waals surface area contributed by atoms with Gasteiger partial charge in [0, 0.05) is 44.0 Å². The molecule has 1 saturated heterocycles. The van der Waals surface area contributed by atoms with Gasteiger partial charge < -0.3 is 9.84 Å². The summed E-state index contributed by atoms with van der Waals surface area (Å²) in [7, 11) is 0. The highest BCUT2D eigenvalue weighted by Gasteiger charge is 2.44. The van der Waals surface area contributed by atoms with Crippen LogP contribution in [0.5, 0.6) is 5.75 Å². The van der Waals surface area contributed by atoms with Gasteiger partial charge in [-0.1, -0.05) is 97.1 Å². The van der Waals surface area contributed by atoms with Gasteiger partial charge in [0.25, 0.3) is 0 Å². The Bertz CT molecular complexity index is 1790. The van der Waals surface area contributed by atoms with E-state index in [9.17, 15) is 5.11 Å². The molecule has 4 nitrogen and oxygen atoms in total. The topological polar surface area (TPSA) is 35.9 Å². The SMILES string of the molecule is O[C@H](COc1cccc2c1ccc1ccccc12)CN1CCN(C2c3ccccc3C(F)C(C3CC3)c3ccccc32)CC1. The highest BCUT2D eigenvalue weighted by Crippen LogP contribution is 2.55. The van der Waals surface area contributed by atoms with E-state index in [0.717, 1.165) is 66.7 Å². The summed E-state index contributed by atoms with van der Waals surface area (Å²) in [4.78, 5) is 4.86. The van der Waals surface area contributed by atoms with E-state index >= 15 is 4.39 Å². The molecule has 0 aromatic heterocycles. The first-order valence-corrected chi connectivity index (χ1v) is 16.1. The van der Waals surface area contributed by atoms with E-state index in [-0.39, 0.29) is 18.6 Å². The maximum absolute atomic E-state index is 16.3. The molecule has 1 heterocycles. The maximum Gasteiger partial charge on any atom is 0.133 e. The number of halogens is 1. The van der Waals surface area contributed by atoms with Crippen LogP contribution in [-0.2, 0) is 0 Å². The second kappa shape index (κ2) is 11.6. The fourth-order valence-corrected chi connectivity index (χ4v) is 7.81. The predicted octanol–water partition coefficient (Wildman–Crippen LogP) is 7.66. The lowest BCUT2D eigenvalue weighted by Crippen LogP contribution is -2.50. The number of hydrogen-bond donors (Lipinski definition) is 1. The van der Waals surface area contributed by atoms with E-state index in [1.54, 1.807) is 0 Å². The third kappa shape index (κ3) is 5.07. The summed E-state index contributed by atoms with van der Waals surface area (Å²) in [6.07, 6.45) is 0.674. The maximum atomic E-state index is 16.3. The third-order valence-corrected chi connectivity index (χ3v) is 10.1. The number of rotatable bonds is 7. The summed E-state index contributed by atoms with van der Waals surface area (Å²) in [5.41, 5.74) is 4.43. The number of piperazine rings is 1. The molecule has 0 radical (unpaired) electrons. The van der Waals surface area contributed by atoms with Crippen LogP contribution < -0.4 is 4.74 Å². The van der Waals surface area contributed by atoms with Crippen molar-refractivity contribution >= 4 is 21.5 Å². The van der Waals surface area contributed by atoms with Crippen molar-refractivity contribution in [3.63, 3.8) is 0 Å². The van der Waals surface area contributed by atoms with Gasteiger partial charge in [-0.15, -0.1) is 0 Å². The molecule has 44 heavy (non-hydrogen) atoms. The van der Waals surface area contributed by atoms with Gasteiger partial charge in [-0.3, -0.25) is 9.80 Å². The fourth-order valence-electron chi connectivity index (χ4n) is 7.81. The fraction of sp³-hybridized carbons (Fsp3) is 0.333. The third-order valence-electron chi connectivity index (χ3n) is 10.1. The first-order valence-electron chi connectivity index (χ1n) is 16.1. The highest BCUT2D eigenvalue weighted by molar-refractivity contribution is 6.09. The van der Waals surface area contributed by atoms with Crippen molar-refractivity contribution < 1.29 is 14.2 Å². The molecule has 4 atom stereocenters. The van der Waals surface area contributed by atoms with E-state index in [1.165, 1.54) is 21.9 Å². The molecule has 5 heteroatoms. The van der Waals surface area contributed by atoms with Gasteiger partial charge in [-0.2, -0.15) is 0 Å². The van der Waals surface area contributed by atoms with E-state index in [2.05, 4.69) is 88.7 Å². The number of alkyl halides is 1. The van der Waals surface area contributed by atoms with Crippen LogP contribution in [0.2, 0.25) is 0 Å². The standard InChI is InChI=1S/C39H39FN2O2/c40-38-33-11-4-6-13-35(33)39(34-12-5-3-10-32(34)37(38)27-16-17-27)42-22-20-41(21-23-42)24-28(43)25-44-36-15-7-14-30-29-9-2-1-8-26(29)18-19-31(30)36/h1-15,18-19,27-28,37-39,43H,16-17,20-25H2/t28-,37?,38?,39?/m0/s1. The largest absolute Gasteiger partial charge is 0.490 e. The molecular formula is C39H39FN2O2. The normalized spacial score (nSPS) is 23.2. The Hall–Kier alpha value is -3.77. The van der Waals surface area contributed by atoms with Crippen molar-refractivity contribution in [3.05, 3.63) is 125 Å². The lowest BCUT2D eigenvalue weighted by molar-refractivity contribution is 0.0403. The Kier molecular flexibility index (Phi) is 7.33. The molecule has 0 amide bonds. The van der Waals surface area contributed by atoms with Gasteiger partial charge in [0.05, 0.1) is 6.04 Å². The van der Waals surface area contributed by atoms with Gasteiger partial charge in [0.15, 0.2) is 0 Å². The van der Waals surface area contributed by atoms with Gasteiger partial charge in [0.1, 0.15) is 24.6 Å². The van der Waals surface area contributed by atoms with Crippen molar-refractivity contribution in [1.82, 2.24) is 9.80 Å². The van der Waals surface area contributed by atoms with Crippen LogP contribution in [0, 0.1) is 5.92 Å². The zero-order chi connectivity index (χ0) is 29.6. The van der Waals surface area contributed by atoms with Crippen LogP contribution in [0.15, 0.2) is 103 Å². The van der Waals surface area contributed by atoms with Gasteiger partial charge in [0.2, 0.25) is 0 Å². The van der Waals surface area contributed by atoms with E-state index in [4.69, 9.17) is 4.74 Å². The second-order valence-electron chi connectivity index (χ2n) is 12.9. The lowest BCUT2D eigenvalue weighted by atomic mass is 9.85. The zero-order valence-corrected chi connectivity index (χ0v) is 25.0. The average molecular weight is 587 g/mol. The number of aliphatic hydroxyl groups excluding tert-OH is 1. The van der Waals surface area contributed by atoms with Crippen LogP contribution in [0.1, 0.15) is 53.2 Å². The van der Waals surface area contributed by atoms with Crippen LogP contribution in [0.4, 0.5) is 4.39 Å². The molecule has 1 aliphatic heterocycles. The molecule has 3 aliphatic rings. The lowest BCUT2D eigenvalue weighted by Gasteiger charge is -2.40. The summed E-state index contributed by atoms with van der Waals surface area (Å²) < 4.78 is 22.5. The summed E-state index contributed by atoms with van der Waals surface area (Å²) in [6, 6.07) is 35.6. The van der Waals surface area contributed by atoms with Crippen LogP contribution in [-0.4, -0.2) is 60.3 Å². The molecule has 224 valence electrons. The molecular weight excluding hydrogens is 547 g/mol. The molecule has 3 unspecified atom stereocenters. The van der Waals surface area contributed by atoms with E-state index in [0.29, 0.717) is 12.5 Å². The van der Waals surface area contributed by atoms with Crippen molar-refractivity contribution in [2.45, 2.75) is 37.1 Å². The molecule has 0 bridgehead atoms. The number of benzene rings is 5. The monoisotopic (exact) mass is 586 g/mol. The summed E-state index contributed by atoms with van der Waals surface area (Å²) in [5.74, 6) is 1.18. The Morgan fingerprint density at radius 2 is 1.34 bits per heavy atom. The summed E-state index contributed by atoms with van der Waals surface area (Å²) in [6.45, 7) is 4.24. The molecule has 1 saturated carbocycles. The quantitative estimate of drug-likeness (QED) is 0.199. The Morgan fingerprint density at radius 3 is 2.11 bits per heavy atom. The minimum absolute atomic E-state index is 0.0437. The Morgan fingerprint density at radius 1 is 0.682 bits per heavy atom. The van der Waals surface area contributed by atoms with Crippen molar-refractivity contribution in [1.29, 1.82) is 0 Å². The van der Waals surface area contributed by atoms with Gasteiger partial charge in [-0.25, -0.2) is 4.39 Å². The predicted molar refractivity (Wildman–Crippen MR) is 175 cm³/mol. The van der Waals surface area contributed by atoms with Crippen molar-refractivity contribution in [2.75, 3.05) is 39.3 Å². The van der Waals surface area contributed by atoms with Crippen LogP contribution in [0.25, 0.3) is 21.5 Å². The molecule has 1 N–H and O–H groups in total. The number of ether oxygens (including phenoxy) is 1.